The molecule has 0 aromatic carbocycles. The van der Waals surface area contributed by atoms with Gasteiger partial charge in [-0.2, -0.15) is 4.90 Å². The molecule has 3 amide bonds. The number of hydrogen-bond acceptors (Lipinski definition) is 10. The number of carbonyl (C=O) groups excluding carboxylic acids is 5. The first-order chi connectivity index (χ1) is 30.6. The third-order valence-corrected chi connectivity index (χ3v) is 11.2. The van der Waals surface area contributed by atoms with Gasteiger partial charge in [0.25, 0.3) is 0 Å². The summed E-state index contributed by atoms with van der Waals surface area (Å²) in [7, 11) is 0. The van der Waals surface area contributed by atoms with Crippen LogP contribution in [0.3, 0.4) is 0 Å². The van der Waals surface area contributed by atoms with E-state index in [1.54, 1.807) is 41.5 Å². The van der Waals surface area contributed by atoms with Gasteiger partial charge in [-0.05, 0) is 80.2 Å². The molecule has 0 spiro atoms. The third-order valence-electron chi connectivity index (χ3n) is 11.2. The number of esters is 2. The van der Waals surface area contributed by atoms with E-state index < -0.39 is 53.3 Å². The Kier molecular flexibility index (Phi) is 37.5. The summed E-state index contributed by atoms with van der Waals surface area (Å²) in [4.78, 5) is 68.3. The van der Waals surface area contributed by atoms with Crippen molar-refractivity contribution in [3.8, 4) is 0 Å². The molecular formula is C52H99N3O9. The van der Waals surface area contributed by atoms with Crippen LogP contribution in [-0.4, -0.2) is 78.0 Å². The molecule has 0 unspecified atom stereocenters. The lowest BCUT2D eigenvalue weighted by atomic mass is 10.0. The van der Waals surface area contributed by atoms with Gasteiger partial charge < -0.3 is 30.0 Å². The van der Waals surface area contributed by atoms with Gasteiger partial charge in [0.2, 0.25) is 5.91 Å². The first kappa shape index (κ1) is 61.1. The maximum Gasteiger partial charge on any atom is 0.420 e. The minimum atomic E-state index is -1.42. The number of unbranched alkanes of at least 4 members (excludes halogenated alkanes) is 26. The maximum atomic E-state index is 14.1. The molecule has 2 atom stereocenters. The van der Waals surface area contributed by atoms with Crippen LogP contribution in [0.5, 0.6) is 0 Å². The largest absolute Gasteiger partial charge is 0.466 e. The number of amides is 3. The second-order valence-corrected chi connectivity index (χ2v) is 20.0. The molecule has 0 aliphatic carbocycles. The Morgan fingerprint density at radius 2 is 0.828 bits per heavy atom. The fraction of sp³-hybridized carbons (Fsp3) is 0.904. The van der Waals surface area contributed by atoms with Crippen molar-refractivity contribution in [2.45, 2.75) is 284 Å². The van der Waals surface area contributed by atoms with Crippen LogP contribution in [0.1, 0.15) is 261 Å². The first-order valence-corrected chi connectivity index (χ1v) is 26.1. The van der Waals surface area contributed by atoms with Crippen molar-refractivity contribution in [1.29, 1.82) is 0 Å². The zero-order chi connectivity index (χ0) is 47.9. The predicted molar refractivity (Wildman–Crippen MR) is 260 cm³/mol. The first-order valence-electron chi connectivity index (χ1n) is 26.1. The van der Waals surface area contributed by atoms with Gasteiger partial charge >= 0.3 is 24.1 Å². The molecule has 0 saturated heterocycles. The number of hydrogen-bond donors (Lipinski definition) is 2. The van der Waals surface area contributed by atoms with E-state index in [0.717, 1.165) is 38.5 Å². The van der Waals surface area contributed by atoms with Gasteiger partial charge in [-0.15, -0.1) is 0 Å². The Labute approximate surface area is 391 Å². The maximum absolute atomic E-state index is 14.1. The van der Waals surface area contributed by atoms with Crippen molar-refractivity contribution in [3.63, 3.8) is 0 Å². The van der Waals surface area contributed by atoms with Crippen LogP contribution < -0.4 is 11.1 Å². The number of nitrogens with zero attached hydrogens (tertiary/aromatic N) is 1. The number of ether oxygens (including phenoxy) is 4. The molecule has 0 rings (SSSR count). The van der Waals surface area contributed by atoms with E-state index >= 15 is 0 Å². The number of carbonyl (C=O) groups is 5. The van der Waals surface area contributed by atoms with Gasteiger partial charge in [-0.25, -0.2) is 14.4 Å². The van der Waals surface area contributed by atoms with Crippen LogP contribution in [0.2, 0.25) is 0 Å². The molecule has 0 aromatic rings. The molecule has 64 heavy (non-hydrogen) atoms. The van der Waals surface area contributed by atoms with Crippen LogP contribution in [-0.2, 0) is 33.3 Å². The van der Waals surface area contributed by atoms with Gasteiger partial charge in [0.15, 0.2) is 0 Å². The number of imide groups is 1. The number of rotatable bonds is 40. The van der Waals surface area contributed by atoms with Crippen LogP contribution in [0, 0.1) is 0 Å². The Morgan fingerprint density at radius 3 is 1.17 bits per heavy atom. The third kappa shape index (κ3) is 36.3. The van der Waals surface area contributed by atoms with E-state index in [1.807, 2.05) is 0 Å². The molecular weight excluding hydrogens is 811 g/mol. The summed E-state index contributed by atoms with van der Waals surface area (Å²) in [5.74, 6) is -1.96. The van der Waals surface area contributed by atoms with Gasteiger partial charge in [0, 0.05) is 6.42 Å². The Bertz CT molecular complexity index is 1170. The quantitative estimate of drug-likeness (QED) is 0.0343. The van der Waals surface area contributed by atoms with E-state index in [-0.39, 0.29) is 38.8 Å². The molecule has 0 fully saturated rings. The van der Waals surface area contributed by atoms with Crippen LogP contribution in [0.15, 0.2) is 0 Å². The minimum Gasteiger partial charge on any atom is -0.466 e. The lowest BCUT2D eigenvalue weighted by Gasteiger charge is -2.33. The Hall–Kier alpha value is -2.89. The highest BCUT2D eigenvalue weighted by atomic mass is 16.6. The normalized spacial score (nSPS) is 12.6. The highest BCUT2D eigenvalue weighted by molar-refractivity contribution is 5.97. The summed E-state index contributed by atoms with van der Waals surface area (Å²) in [5, 5.41) is 2.70. The van der Waals surface area contributed by atoms with Gasteiger partial charge in [0.1, 0.15) is 23.3 Å². The van der Waals surface area contributed by atoms with Crippen molar-refractivity contribution < 1.29 is 42.9 Å². The van der Waals surface area contributed by atoms with Crippen molar-refractivity contribution >= 4 is 30.0 Å². The summed E-state index contributed by atoms with van der Waals surface area (Å²) in [6, 6.07) is -2.64. The lowest BCUT2D eigenvalue weighted by molar-refractivity contribution is -0.150. The molecule has 376 valence electrons. The van der Waals surface area contributed by atoms with Crippen molar-refractivity contribution in [2.24, 2.45) is 5.73 Å². The van der Waals surface area contributed by atoms with E-state index in [2.05, 4.69) is 19.2 Å². The number of nitrogens with one attached hydrogen (secondary N) is 1. The summed E-state index contributed by atoms with van der Waals surface area (Å²) in [6.07, 6.45) is 32.0. The molecule has 0 aromatic heterocycles. The van der Waals surface area contributed by atoms with Crippen LogP contribution >= 0.6 is 0 Å². The molecule has 0 radical (unpaired) electrons. The Morgan fingerprint density at radius 1 is 0.484 bits per heavy atom. The van der Waals surface area contributed by atoms with Crippen molar-refractivity contribution in [3.05, 3.63) is 0 Å². The summed E-state index contributed by atoms with van der Waals surface area (Å²) < 4.78 is 22.3. The predicted octanol–water partition coefficient (Wildman–Crippen LogP) is 13.6. The second kappa shape index (κ2) is 39.3. The van der Waals surface area contributed by atoms with Crippen LogP contribution in [0.4, 0.5) is 9.59 Å². The van der Waals surface area contributed by atoms with E-state index in [9.17, 15) is 24.0 Å². The molecule has 0 saturated carbocycles. The van der Waals surface area contributed by atoms with Crippen LogP contribution in [0.25, 0.3) is 0 Å². The number of nitrogens with two attached hydrogens (primary N) is 1. The fourth-order valence-corrected chi connectivity index (χ4v) is 7.54. The fourth-order valence-electron chi connectivity index (χ4n) is 7.54. The van der Waals surface area contributed by atoms with Gasteiger partial charge in [-0.3, -0.25) is 9.59 Å². The topological polar surface area (TPSA) is 164 Å². The van der Waals surface area contributed by atoms with Crippen molar-refractivity contribution in [2.75, 3.05) is 19.8 Å². The molecule has 3 N–H and O–H groups in total. The molecule has 12 heteroatoms. The summed E-state index contributed by atoms with van der Waals surface area (Å²) in [5.41, 5.74) is 3.84. The van der Waals surface area contributed by atoms with Gasteiger partial charge in [-0.1, -0.05) is 181 Å². The smallest absolute Gasteiger partial charge is 0.420 e. The molecule has 0 bridgehead atoms. The highest BCUT2D eigenvalue weighted by Crippen LogP contribution is 2.21. The average molecular weight is 910 g/mol. The highest BCUT2D eigenvalue weighted by Gasteiger charge is 2.41. The Balaban J connectivity index is 5.34. The summed E-state index contributed by atoms with van der Waals surface area (Å²) in [6.45, 7) is 15.0. The van der Waals surface area contributed by atoms with E-state index in [1.165, 1.54) is 135 Å². The minimum absolute atomic E-state index is 0.0110. The van der Waals surface area contributed by atoms with E-state index in [4.69, 9.17) is 24.7 Å². The molecule has 0 aliphatic heterocycles. The molecule has 0 heterocycles. The standard InChI is InChI=1S/C52H99N3O9/c1-9-11-13-15-17-19-21-23-25-27-29-31-33-35-42-61-46(56)40-39-44(48(58)62-43-36-34-32-30-28-26-24-22-20-18-16-14-12-10-2)54-47(57)45(38-37-41-53)55(49(59)63-51(3,4)5)50(60)64-52(6,7)8/h44-45H,9-43,53H2,1-8H3,(H,54,57)/t44-,45-/m0/s1. The monoisotopic (exact) mass is 910 g/mol. The zero-order valence-electron chi connectivity index (χ0n) is 42.6. The lowest BCUT2D eigenvalue weighted by Crippen LogP contribution is -2.57. The molecule has 12 nitrogen and oxygen atoms in total. The van der Waals surface area contributed by atoms with Crippen molar-refractivity contribution in [1.82, 2.24) is 10.2 Å². The molecule has 0 aliphatic rings. The summed E-state index contributed by atoms with van der Waals surface area (Å²) >= 11 is 0. The van der Waals surface area contributed by atoms with Gasteiger partial charge in [0.05, 0.1) is 13.2 Å². The van der Waals surface area contributed by atoms with E-state index in [0.29, 0.717) is 17.9 Å². The zero-order valence-corrected chi connectivity index (χ0v) is 42.6. The average Bonchev–Trinajstić information content (AvgIpc) is 3.22. The second-order valence-electron chi connectivity index (χ2n) is 20.0. The SMILES string of the molecule is CCCCCCCCCCCCCCCCOC(=O)CC[C@H](NC(=O)[C@H](CCCN)N(C(=O)OC(C)(C)C)C(=O)OC(C)(C)C)C(=O)OCCCCCCCCCCCCCCCC.